The van der Waals surface area contributed by atoms with Gasteiger partial charge in [-0.1, -0.05) is 18.2 Å². The van der Waals surface area contributed by atoms with Crippen LogP contribution in [0.1, 0.15) is 15.9 Å². The van der Waals surface area contributed by atoms with Crippen LogP contribution in [0.2, 0.25) is 0 Å². The van der Waals surface area contributed by atoms with Crippen molar-refractivity contribution in [2.75, 3.05) is 26.2 Å². The number of carbonyl (C=O) groups is 1. The zero-order chi connectivity index (χ0) is 18.9. The standard InChI is InChI=1S/C18H18F2N2O3S/c1-13-6-7-14(12-16(13)20)18(23)21-8-10-22(11-9-21)26(24,25)17-5-3-2-4-15(17)19/h2-7,12H,8-11H2,1H3. The van der Waals surface area contributed by atoms with E-state index in [4.69, 9.17) is 0 Å². The number of amides is 1. The van der Waals surface area contributed by atoms with Gasteiger partial charge >= 0.3 is 0 Å². The zero-order valence-corrected chi connectivity index (χ0v) is 15.0. The number of hydrogen-bond acceptors (Lipinski definition) is 3. The second-order valence-corrected chi connectivity index (χ2v) is 8.00. The first kappa shape index (κ1) is 18.5. The molecule has 2 aromatic rings. The third kappa shape index (κ3) is 3.47. The largest absolute Gasteiger partial charge is 0.336 e. The van der Waals surface area contributed by atoms with Crippen LogP contribution in [0.3, 0.4) is 0 Å². The Morgan fingerprint density at radius 3 is 2.23 bits per heavy atom. The van der Waals surface area contributed by atoms with Crippen molar-refractivity contribution in [1.82, 2.24) is 9.21 Å². The minimum atomic E-state index is -3.96. The van der Waals surface area contributed by atoms with Gasteiger partial charge in [-0.2, -0.15) is 4.31 Å². The fourth-order valence-electron chi connectivity index (χ4n) is 2.83. The normalized spacial score (nSPS) is 15.9. The maximum absolute atomic E-state index is 13.8. The van der Waals surface area contributed by atoms with Crippen molar-refractivity contribution >= 4 is 15.9 Å². The van der Waals surface area contributed by atoms with Gasteiger partial charge in [0.1, 0.15) is 16.5 Å². The van der Waals surface area contributed by atoms with Gasteiger partial charge < -0.3 is 4.90 Å². The predicted octanol–water partition coefficient (Wildman–Crippen LogP) is 2.42. The molecule has 0 radical (unpaired) electrons. The van der Waals surface area contributed by atoms with E-state index >= 15 is 0 Å². The highest BCUT2D eigenvalue weighted by Gasteiger charge is 2.32. The average molecular weight is 380 g/mol. The van der Waals surface area contributed by atoms with E-state index in [0.717, 1.165) is 10.4 Å². The summed E-state index contributed by atoms with van der Waals surface area (Å²) in [6, 6.07) is 9.45. The highest BCUT2D eigenvalue weighted by molar-refractivity contribution is 7.89. The molecule has 0 saturated carbocycles. The predicted molar refractivity (Wildman–Crippen MR) is 92.2 cm³/mol. The van der Waals surface area contributed by atoms with Crippen molar-refractivity contribution in [2.45, 2.75) is 11.8 Å². The molecule has 1 saturated heterocycles. The quantitative estimate of drug-likeness (QED) is 0.822. The Labute approximate surface area is 150 Å². The summed E-state index contributed by atoms with van der Waals surface area (Å²) in [7, 11) is -3.96. The summed E-state index contributed by atoms with van der Waals surface area (Å²) in [6.45, 7) is 2.02. The molecule has 1 fully saturated rings. The van der Waals surface area contributed by atoms with Crippen LogP contribution in [0.25, 0.3) is 0 Å². The average Bonchev–Trinajstić information content (AvgIpc) is 2.63. The Bertz CT molecular complexity index is 939. The summed E-state index contributed by atoms with van der Waals surface area (Å²) in [5, 5.41) is 0. The van der Waals surface area contributed by atoms with Crippen LogP contribution in [0.4, 0.5) is 8.78 Å². The smallest absolute Gasteiger partial charge is 0.254 e. The first-order valence-corrected chi connectivity index (χ1v) is 9.55. The maximum atomic E-state index is 13.8. The van der Waals surface area contributed by atoms with Gasteiger partial charge in [0.2, 0.25) is 10.0 Å². The lowest BCUT2D eigenvalue weighted by molar-refractivity contribution is 0.0697. The summed E-state index contributed by atoms with van der Waals surface area (Å²) < 4.78 is 53.8. The number of piperazine rings is 1. The van der Waals surface area contributed by atoms with Gasteiger partial charge in [0.05, 0.1) is 0 Å². The van der Waals surface area contributed by atoms with Crippen LogP contribution < -0.4 is 0 Å². The monoisotopic (exact) mass is 380 g/mol. The molecule has 3 rings (SSSR count). The maximum Gasteiger partial charge on any atom is 0.254 e. The number of halogens is 2. The van der Waals surface area contributed by atoms with Crippen LogP contribution >= 0.6 is 0 Å². The third-order valence-electron chi connectivity index (χ3n) is 4.40. The first-order valence-electron chi connectivity index (χ1n) is 8.11. The number of benzene rings is 2. The van der Waals surface area contributed by atoms with Crippen molar-refractivity contribution in [3.8, 4) is 0 Å². The van der Waals surface area contributed by atoms with E-state index < -0.39 is 21.7 Å². The van der Waals surface area contributed by atoms with Gasteiger partial charge in [0.15, 0.2) is 0 Å². The lowest BCUT2D eigenvalue weighted by atomic mass is 10.1. The Balaban J connectivity index is 1.72. The molecular weight excluding hydrogens is 362 g/mol. The minimum absolute atomic E-state index is 0.0523. The second kappa shape index (κ2) is 7.13. The summed E-state index contributed by atoms with van der Waals surface area (Å²) >= 11 is 0. The molecule has 0 aliphatic carbocycles. The molecule has 2 aromatic carbocycles. The molecule has 138 valence electrons. The van der Waals surface area contributed by atoms with Gasteiger partial charge in [-0.3, -0.25) is 4.79 Å². The molecule has 1 aliphatic rings. The van der Waals surface area contributed by atoms with E-state index in [9.17, 15) is 22.0 Å². The molecule has 8 heteroatoms. The molecule has 0 atom stereocenters. The van der Waals surface area contributed by atoms with Crippen LogP contribution in [-0.4, -0.2) is 49.7 Å². The summed E-state index contributed by atoms with van der Waals surface area (Å²) in [5.41, 5.74) is 0.667. The molecule has 0 unspecified atom stereocenters. The molecule has 5 nitrogen and oxygen atoms in total. The SMILES string of the molecule is Cc1ccc(C(=O)N2CCN(S(=O)(=O)c3ccccc3F)CC2)cc1F. The molecule has 0 aromatic heterocycles. The topological polar surface area (TPSA) is 57.7 Å². The number of sulfonamides is 1. The highest BCUT2D eigenvalue weighted by Crippen LogP contribution is 2.21. The summed E-state index contributed by atoms with van der Waals surface area (Å²) in [4.78, 5) is 13.6. The van der Waals surface area contributed by atoms with Crippen molar-refractivity contribution in [1.29, 1.82) is 0 Å². The zero-order valence-electron chi connectivity index (χ0n) is 14.2. The molecule has 0 N–H and O–H groups in total. The number of rotatable bonds is 3. The van der Waals surface area contributed by atoms with Gasteiger partial charge in [-0.05, 0) is 36.8 Å². The molecule has 26 heavy (non-hydrogen) atoms. The van der Waals surface area contributed by atoms with Gasteiger partial charge in [0.25, 0.3) is 5.91 Å². The van der Waals surface area contributed by atoms with Crippen molar-refractivity contribution in [3.05, 3.63) is 65.2 Å². The molecule has 0 bridgehead atoms. The Morgan fingerprint density at radius 2 is 1.62 bits per heavy atom. The van der Waals surface area contributed by atoms with Crippen LogP contribution in [0, 0.1) is 18.6 Å². The molecule has 1 amide bonds. The van der Waals surface area contributed by atoms with Crippen molar-refractivity contribution < 1.29 is 22.0 Å². The van der Waals surface area contributed by atoms with E-state index in [1.54, 1.807) is 13.0 Å². The van der Waals surface area contributed by atoms with E-state index in [0.29, 0.717) is 5.56 Å². The minimum Gasteiger partial charge on any atom is -0.336 e. The number of hydrogen-bond donors (Lipinski definition) is 0. The first-order chi connectivity index (χ1) is 12.3. The Hall–Kier alpha value is -2.32. The van der Waals surface area contributed by atoms with E-state index in [2.05, 4.69) is 0 Å². The second-order valence-electron chi connectivity index (χ2n) is 6.09. The lowest BCUT2D eigenvalue weighted by Gasteiger charge is -2.34. The number of carbonyl (C=O) groups excluding carboxylic acids is 1. The van der Waals surface area contributed by atoms with Gasteiger partial charge in [0, 0.05) is 31.7 Å². The van der Waals surface area contributed by atoms with Gasteiger partial charge in [-0.15, -0.1) is 0 Å². The fourth-order valence-corrected chi connectivity index (χ4v) is 4.32. The molecular formula is C18H18F2N2O3S. The van der Waals surface area contributed by atoms with Crippen LogP contribution in [-0.2, 0) is 10.0 Å². The number of aryl methyl sites for hydroxylation is 1. The van der Waals surface area contributed by atoms with Crippen LogP contribution in [0.5, 0.6) is 0 Å². The lowest BCUT2D eigenvalue weighted by Crippen LogP contribution is -2.50. The Morgan fingerprint density at radius 1 is 0.962 bits per heavy atom. The molecule has 1 aliphatic heterocycles. The molecule has 1 heterocycles. The summed E-state index contributed by atoms with van der Waals surface area (Å²) in [5.74, 6) is -1.62. The highest BCUT2D eigenvalue weighted by atomic mass is 32.2. The molecule has 0 spiro atoms. The van der Waals surface area contributed by atoms with E-state index in [1.165, 1.54) is 35.2 Å². The number of nitrogens with zero attached hydrogens (tertiary/aromatic N) is 2. The van der Waals surface area contributed by atoms with Crippen LogP contribution in [0.15, 0.2) is 47.4 Å². The Kier molecular flexibility index (Phi) is 5.06. The summed E-state index contributed by atoms with van der Waals surface area (Å²) in [6.07, 6.45) is 0. The van der Waals surface area contributed by atoms with E-state index in [1.807, 2.05) is 0 Å². The van der Waals surface area contributed by atoms with Crippen molar-refractivity contribution in [3.63, 3.8) is 0 Å². The van der Waals surface area contributed by atoms with Crippen molar-refractivity contribution in [2.24, 2.45) is 0 Å². The van der Waals surface area contributed by atoms with E-state index in [-0.39, 0.29) is 42.5 Å². The van der Waals surface area contributed by atoms with Gasteiger partial charge in [-0.25, -0.2) is 17.2 Å². The fraction of sp³-hybridized carbons (Fsp3) is 0.278. The third-order valence-corrected chi connectivity index (χ3v) is 6.33.